The second-order valence-electron chi connectivity index (χ2n) is 2.28. The summed E-state index contributed by atoms with van der Waals surface area (Å²) in [6.07, 6.45) is 11.1. The highest BCUT2D eigenvalue weighted by Crippen LogP contribution is 2.08. The minimum atomic E-state index is -0.412. The molecule has 0 spiro atoms. The van der Waals surface area contributed by atoms with E-state index in [1.807, 2.05) is 24.3 Å². The van der Waals surface area contributed by atoms with E-state index in [-0.39, 0.29) is 0 Å². The molecule has 0 unspecified atom stereocenters. The van der Waals surface area contributed by atoms with Crippen LogP contribution < -0.4 is 0 Å². The smallest absolute Gasteiger partial charge is 0.335 e. The molecule has 0 amide bonds. The van der Waals surface area contributed by atoms with E-state index in [1.165, 1.54) is 0 Å². The third-order valence-corrected chi connectivity index (χ3v) is 1.36. The third-order valence-electron chi connectivity index (χ3n) is 1.36. The Labute approximate surface area is 71.5 Å². The van der Waals surface area contributed by atoms with Crippen molar-refractivity contribution in [1.29, 1.82) is 0 Å². The van der Waals surface area contributed by atoms with E-state index in [2.05, 4.69) is 6.58 Å². The topological polar surface area (TPSA) is 26.3 Å². The van der Waals surface area contributed by atoms with E-state index >= 15 is 0 Å². The maximum absolute atomic E-state index is 10.8. The minimum absolute atomic E-state index is 0.412. The average molecular weight is 162 g/mol. The molecule has 62 valence electrons. The molecule has 0 aromatic carbocycles. The SMILES string of the molecule is C=CC(=O)OC1=CC=CC=CC1. The minimum Gasteiger partial charge on any atom is -0.428 e. The molecule has 0 saturated heterocycles. The standard InChI is InChI=1S/C10H10O2/c1-2-10(11)12-9-7-5-3-4-6-8-9/h2-7H,1,8H2. The zero-order chi connectivity index (χ0) is 8.81. The van der Waals surface area contributed by atoms with Crippen molar-refractivity contribution >= 4 is 5.97 Å². The Bertz CT molecular complexity index is 270. The first-order chi connectivity index (χ1) is 5.83. The number of ether oxygens (including phenoxy) is 1. The molecule has 0 bridgehead atoms. The van der Waals surface area contributed by atoms with Crippen LogP contribution in [-0.2, 0) is 9.53 Å². The molecular weight excluding hydrogens is 152 g/mol. The lowest BCUT2D eigenvalue weighted by Gasteiger charge is -2.01. The van der Waals surface area contributed by atoms with E-state index < -0.39 is 5.97 Å². The van der Waals surface area contributed by atoms with Crippen molar-refractivity contribution in [1.82, 2.24) is 0 Å². The van der Waals surface area contributed by atoms with Crippen molar-refractivity contribution in [2.45, 2.75) is 6.42 Å². The Hall–Kier alpha value is -1.57. The second-order valence-corrected chi connectivity index (χ2v) is 2.28. The van der Waals surface area contributed by atoms with Crippen LogP contribution in [0.15, 0.2) is 48.8 Å². The summed E-state index contributed by atoms with van der Waals surface area (Å²) < 4.78 is 4.92. The average Bonchev–Trinajstić information content (AvgIpc) is 2.33. The maximum atomic E-state index is 10.8. The van der Waals surface area contributed by atoms with E-state index in [0.29, 0.717) is 12.2 Å². The van der Waals surface area contributed by atoms with E-state index in [1.54, 1.807) is 6.08 Å². The molecule has 0 N–H and O–H groups in total. The van der Waals surface area contributed by atoms with Gasteiger partial charge in [0.25, 0.3) is 0 Å². The van der Waals surface area contributed by atoms with Crippen LogP contribution in [0, 0.1) is 0 Å². The summed E-state index contributed by atoms with van der Waals surface area (Å²) in [5.74, 6) is 0.231. The van der Waals surface area contributed by atoms with Crippen LogP contribution in [0.2, 0.25) is 0 Å². The molecule has 0 radical (unpaired) electrons. The highest BCUT2D eigenvalue weighted by molar-refractivity contribution is 5.82. The van der Waals surface area contributed by atoms with Crippen molar-refractivity contribution in [3.05, 3.63) is 48.8 Å². The van der Waals surface area contributed by atoms with Gasteiger partial charge >= 0.3 is 5.97 Å². The number of carbonyl (C=O) groups excluding carboxylic acids is 1. The number of hydrogen-bond acceptors (Lipinski definition) is 2. The zero-order valence-corrected chi connectivity index (χ0v) is 6.69. The van der Waals surface area contributed by atoms with Gasteiger partial charge in [0, 0.05) is 12.5 Å². The van der Waals surface area contributed by atoms with Gasteiger partial charge in [0.05, 0.1) is 0 Å². The Balaban J connectivity index is 2.57. The third kappa shape index (κ3) is 2.58. The lowest BCUT2D eigenvalue weighted by Crippen LogP contribution is -1.99. The van der Waals surface area contributed by atoms with Gasteiger partial charge in [-0.1, -0.05) is 30.9 Å². The molecule has 0 atom stereocenters. The number of carbonyl (C=O) groups is 1. The van der Waals surface area contributed by atoms with Crippen molar-refractivity contribution in [2.24, 2.45) is 0 Å². The van der Waals surface area contributed by atoms with Crippen molar-refractivity contribution < 1.29 is 9.53 Å². The van der Waals surface area contributed by atoms with E-state index in [9.17, 15) is 4.79 Å². The summed E-state index contributed by atoms with van der Waals surface area (Å²) >= 11 is 0. The molecule has 2 heteroatoms. The van der Waals surface area contributed by atoms with Crippen molar-refractivity contribution in [3.8, 4) is 0 Å². The van der Waals surface area contributed by atoms with E-state index in [0.717, 1.165) is 6.08 Å². The highest BCUT2D eigenvalue weighted by atomic mass is 16.5. The van der Waals surface area contributed by atoms with Gasteiger partial charge in [-0.25, -0.2) is 4.79 Å². The second kappa shape index (κ2) is 4.34. The fourth-order valence-electron chi connectivity index (χ4n) is 0.804. The molecule has 0 fully saturated rings. The summed E-state index contributed by atoms with van der Waals surface area (Å²) in [6, 6.07) is 0. The van der Waals surface area contributed by atoms with Gasteiger partial charge in [0.2, 0.25) is 0 Å². The van der Waals surface area contributed by atoms with Gasteiger partial charge in [0.15, 0.2) is 0 Å². The molecule has 0 saturated carbocycles. The van der Waals surface area contributed by atoms with Crippen LogP contribution >= 0.6 is 0 Å². The summed E-state index contributed by atoms with van der Waals surface area (Å²) in [5.41, 5.74) is 0. The number of allylic oxidation sites excluding steroid dienone is 5. The highest BCUT2D eigenvalue weighted by Gasteiger charge is 2.00. The lowest BCUT2D eigenvalue weighted by molar-refractivity contribution is -0.133. The largest absolute Gasteiger partial charge is 0.428 e. The number of esters is 1. The van der Waals surface area contributed by atoms with E-state index in [4.69, 9.17) is 4.74 Å². The quantitative estimate of drug-likeness (QED) is 0.459. The Morgan fingerprint density at radius 3 is 3.08 bits per heavy atom. The van der Waals surface area contributed by atoms with Gasteiger partial charge in [-0.05, 0) is 6.08 Å². The summed E-state index contributed by atoms with van der Waals surface area (Å²) in [7, 11) is 0. The Kier molecular flexibility index (Phi) is 3.08. The van der Waals surface area contributed by atoms with Crippen LogP contribution in [-0.4, -0.2) is 5.97 Å². The van der Waals surface area contributed by atoms with Crippen LogP contribution in [0.5, 0.6) is 0 Å². The van der Waals surface area contributed by atoms with Gasteiger partial charge < -0.3 is 4.74 Å². The molecule has 0 aromatic heterocycles. The maximum Gasteiger partial charge on any atom is 0.335 e. The molecule has 1 aliphatic rings. The fourth-order valence-corrected chi connectivity index (χ4v) is 0.804. The number of hydrogen-bond donors (Lipinski definition) is 0. The summed E-state index contributed by atoms with van der Waals surface area (Å²) in [5, 5.41) is 0. The fraction of sp³-hybridized carbons (Fsp3) is 0.100. The normalized spacial score (nSPS) is 14.8. The first-order valence-electron chi connectivity index (χ1n) is 3.69. The van der Waals surface area contributed by atoms with Gasteiger partial charge in [-0.15, -0.1) is 0 Å². The predicted octanol–water partition coefficient (Wildman–Crippen LogP) is 2.12. The van der Waals surface area contributed by atoms with Crippen LogP contribution in [0.25, 0.3) is 0 Å². The lowest BCUT2D eigenvalue weighted by atomic mass is 10.3. The van der Waals surface area contributed by atoms with Crippen LogP contribution in [0.3, 0.4) is 0 Å². The first-order valence-corrected chi connectivity index (χ1v) is 3.69. The predicted molar refractivity (Wildman–Crippen MR) is 47.3 cm³/mol. The van der Waals surface area contributed by atoms with Gasteiger partial charge in [-0.3, -0.25) is 0 Å². The molecule has 12 heavy (non-hydrogen) atoms. The number of rotatable bonds is 2. The molecule has 2 nitrogen and oxygen atoms in total. The van der Waals surface area contributed by atoms with Crippen molar-refractivity contribution in [2.75, 3.05) is 0 Å². The van der Waals surface area contributed by atoms with Gasteiger partial charge in [0.1, 0.15) is 5.76 Å². The molecule has 0 heterocycles. The Morgan fingerprint density at radius 2 is 2.33 bits per heavy atom. The summed E-state index contributed by atoms with van der Waals surface area (Å²) in [4.78, 5) is 10.8. The zero-order valence-electron chi connectivity index (χ0n) is 6.69. The van der Waals surface area contributed by atoms with Crippen LogP contribution in [0.4, 0.5) is 0 Å². The molecule has 0 aromatic rings. The van der Waals surface area contributed by atoms with Crippen LogP contribution in [0.1, 0.15) is 6.42 Å². The van der Waals surface area contributed by atoms with Crippen molar-refractivity contribution in [3.63, 3.8) is 0 Å². The molecule has 1 rings (SSSR count). The molecular formula is C10H10O2. The first kappa shape index (κ1) is 8.53. The summed E-state index contributed by atoms with van der Waals surface area (Å²) in [6.45, 7) is 3.31. The van der Waals surface area contributed by atoms with Gasteiger partial charge in [-0.2, -0.15) is 0 Å². The monoisotopic (exact) mass is 162 g/mol. The Morgan fingerprint density at radius 1 is 1.50 bits per heavy atom. The molecule has 1 aliphatic carbocycles. The molecule has 0 aliphatic heterocycles.